The van der Waals surface area contributed by atoms with Gasteiger partial charge in [0.05, 0.1) is 18.5 Å². The van der Waals surface area contributed by atoms with Crippen LogP contribution in [0.25, 0.3) is 0 Å². The zero-order valence-corrected chi connectivity index (χ0v) is 15.1. The van der Waals surface area contributed by atoms with E-state index in [1.54, 1.807) is 6.20 Å². The van der Waals surface area contributed by atoms with E-state index in [1.165, 1.54) is 5.56 Å². The van der Waals surface area contributed by atoms with Crippen molar-refractivity contribution in [2.24, 2.45) is 0 Å². The minimum Gasteiger partial charge on any atom is -0.395 e. The van der Waals surface area contributed by atoms with Crippen LogP contribution in [0.3, 0.4) is 0 Å². The van der Waals surface area contributed by atoms with Gasteiger partial charge in [-0.3, -0.25) is 9.88 Å². The van der Waals surface area contributed by atoms with Crippen LogP contribution in [0, 0.1) is 0 Å². The van der Waals surface area contributed by atoms with Crippen molar-refractivity contribution in [3.05, 3.63) is 52.9 Å². The minimum atomic E-state index is 0.0925. The largest absolute Gasteiger partial charge is 0.395 e. The predicted molar refractivity (Wildman–Crippen MR) is 98.2 cm³/mol. The Morgan fingerprint density at radius 2 is 1.88 bits per heavy atom. The summed E-state index contributed by atoms with van der Waals surface area (Å²) in [5.41, 5.74) is 1.92. The van der Waals surface area contributed by atoms with Crippen LogP contribution in [0.2, 0.25) is 5.15 Å². The molecule has 0 unspecified atom stereocenters. The second kappa shape index (κ2) is 9.57. The van der Waals surface area contributed by atoms with Gasteiger partial charge in [-0.25, -0.2) is 4.98 Å². The molecule has 0 aliphatic heterocycles. The van der Waals surface area contributed by atoms with Crippen molar-refractivity contribution >= 4 is 17.4 Å². The van der Waals surface area contributed by atoms with Crippen molar-refractivity contribution in [1.29, 1.82) is 0 Å². The maximum absolute atomic E-state index is 9.32. The fraction of sp³-hybridized carbons (Fsp3) is 0.444. The highest BCUT2D eigenvalue weighted by Crippen LogP contribution is 2.18. The Morgan fingerprint density at radius 3 is 2.50 bits per heavy atom. The highest BCUT2D eigenvalue weighted by atomic mass is 35.5. The molecular weight excluding hydrogens is 324 g/mol. The molecule has 24 heavy (non-hydrogen) atoms. The molecule has 0 aliphatic rings. The van der Waals surface area contributed by atoms with Gasteiger partial charge in [-0.1, -0.05) is 48.9 Å². The summed E-state index contributed by atoms with van der Waals surface area (Å²) in [7, 11) is 1.98. The van der Waals surface area contributed by atoms with E-state index >= 15 is 0 Å². The van der Waals surface area contributed by atoms with E-state index in [2.05, 4.69) is 33.9 Å². The van der Waals surface area contributed by atoms with Gasteiger partial charge in [0.1, 0.15) is 5.82 Å². The predicted octanol–water partition coefficient (Wildman–Crippen LogP) is 2.97. The number of hydrogen-bond donors (Lipinski definition) is 1. The van der Waals surface area contributed by atoms with E-state index in [0.717, 1.165) is 31.0 Å². The molecule has 130 valence electrons. The fourth-order valence-electron chi connectivity index (χ4n) is 2.53. The number of rotatable bonds is 9. The van der Waals surface area contributed by atoms with Crippen LogP contribution in [0.4, 0.5) is 5.82 Å². The van der Waals surface area contributed by atoms with Crippen molar-refractivity contribution in [1.82, 2.24) is 14.9 Å². The Hall–Kier alpha value is -1.69. The summed E-state index contributed by atoms with van der Waals surface area (Å²) >= 11 is 6.33. The first-order valence-corrected chi connectivity index (χ1v) is 8.61. The number of aliphatic hydroxyl groups excluding tert-OH is 1. The van der Waals surface area contributed by atoms with Crippen LogP contribution >= 0.6 is 11.6 Å². The lowest BCUT2D eigenvalue weighted by Gasteiger charge is -2.22. The van der Waals surface area contributed by atoms with Gasteiger partial charge in [0.2, 0.25) is 0 Å². The first-order chi connectivity index (χ1) is 11.6. The quantitative estimate of drug-likeness (QED) is 0.755. The molecule has 1 aromatic carbocycles. The molecule has 2 aromatic rings. The summed E-state index contributed by atoms with van der Waals surface area (Å²) in [5.74, 6) is 0.780. The van der Waals surface area contributed by atoms with Gasteiger partial charge in [0.25, 0.3) is 0 Å². The van der Waals surface area contributed by atoms with E-state index < -0.39 is 0 Å². The lowest BCUT2D eigenvalue weighted by molar-refractivity contribution is 0.183. The Balaban J connectivity index is 2.08. The molecule has 2 rings (SSSR count). The normalized spacial score (nSPS) is 11.0. The van der Waals surface area contributed by atoms with Crippen LogP contribution < -0.4 is 4.90 Å². The van der Waals surface area contributed by atoms with Crippen LogP contribution in [0.15, 0.2) is 36.5 Å². The second-order valence-electron chi connectivity index (χ2n) is 5.81. The number of benzene rings is 1. The molecule has 0 saturated heterocycles. The number of anilines is 1. The lowest BCUT2D eigenvalue weighted by Crippen LogP contribution is -2.27. The molecule has 5 nitrogen and oxygen atoms in total. The highest BCUT2D eigenvalue weighted by Gasteiger charge is 2.13. The summed E-state index contributed by atoms with van der Waals surface area (Å²) in [6.07, 6.45) is 2.80. The molecule has 0 aliphatic carbocycles. The van der Waals surface area contributed by atoms with Gasteiger partial charge in [-0.15, -0.1) is 0 Å². The Morgan fingerprint density at radius 1 is 1.12 bits per heavy atom. The Bertz CT molecular complexity index is 624. The van der Waals surface area contributed by atoms with E-state index in [-0.39, 0.29) is 6.61 Å². The summed E-state index contributed by atoms with van der Waals surface area (Å²) in [6, 6.07) is 10.2. The van der Waals surface area contributed by atoms with Crippen molar-refractivity contribution in [3.8, 4) is 0 Å². The third-order valence-corrected chi connectivity index (χ3v) is 4.08. The molecular formula is C18H25ClN4O. The molecule has 0 radical (unpaired) electrons. The fourth-order valence-corrected chi connectivity index (χ4v) is 2.73. The van der Waals surface area contributed by atoms with Crippen molar-refractivity contribution in [2.45, 2.75) is 26.4 Å². The number of nitrogens with zero attached hydrogens (tertiary/aromatic N) is 4. The zero-order valence-electron chi connectivity index (χ0n) is 14.3. The smallest absolute Gasteiger partial charge is 0.154 e. The topological polar surface area (TPSA) is 52.5 Å². The molecule has 1 heterocycles. The molecule has 0 atom stereocenters. The Kier molecular flexibility index (Phi) is 7.43. The summed E-state index contributed by atoms with van der Waals surface area (Å²) in [6.45, 7) is 4.97. The minimum absolute atomic E-state index is 0.0925. The maximum Gasteiger partial charge on any atom is 0.154 e. The first-order valence-electron chi connectivity index (χ1n) is 8.23. The standard InChI is InChI=1S/C18H25ClN4O/c1-3-9-22(2)17-12-20-16(18(19)21-17)14-23(10-11-24)13-15-7-5-4-6-8-15/h4-8,12,24H,3,9-11,13-14H2,1-2H3. The maximum atomic E-state index is 9.32. The number of halogens is 1. The SMILES string of the molecule is CCCN(C)c1cnc(CN(CCO)Cc2ccccc2)c(Cl)n1. The highest BCUT2D eigenvalue weighted by molar-refractivity contribution is 6.30. The third kappa shape index (κ3) is 5.44. The first kappa shape index (κ1) is 18.6. The van der Waals surface area contributed by atoms with Gasteiger partial charge in [-0.05, 0) is 12.0 Å². The molecule has 0 fully saturated rings. The van der Waals surface area contributed by atoms with Crippen LogP contribution in [0.1, 0.15) is 24.6 Å². The molecule has 1 aromatic heterocycles. The van der Waals surface area contributed by atoms with Gasteiger partial charge >= 0.3 is 0 Å². The zero-order chi connectivity index (χ0) is 17.4. The van der Waals surface area contributed by atoms with Crippen LogP contribution in [-0.2, 0) is 13.1 Å². The average Bonchev–Trinajstić information content (AvgIpc) is 2.58. The number of hydrogen-bond acceptors (Lipinski definition) is 5. The Labute approximate surface area is 148 Å². The molecule has 0 bridgehead atoms. The van der Waals surface area contributed by atoms with Gasteiger partial charge < -0.3 is 10.0 Å². The molecule has 6 heteroatoms. The van der Waals surface area contributed by atoms with Crippen molar-refractivity contribution in [2.75, 3.05) is 31.6 Å². The third-order valence-electron chi connectivity index (χ3n) is 3.78. The summed E-state index contributed by atoms with van der Waals surface area (Å²) < 4.78 is 0. The van der Waals surface area contributed by atoms with Crippen molar-refractivity contribution in [3.63, 3.8) is 0 Å². The monoisotopic (exact) mass is 348 g/mol. The van der Waals surface area contributed by atoms with E-state index in [0.29, 0.717) is 18.2 Å². The number of aliphatic hydroxyl groups is 1. The number of aromatic nitrogens is 2. The van der Waals surface area contributed by atoms with Gasteiger partial charge in [0.15, 0.2) is 5.15 Å². The second-order valence-corrected chi connectivity index (χ2v) is 6.17. The average molecular weight is 349 g/mol. The molecule has 0 amide bonds. The van der Waals surface area contributed by atoms with E-state index in [1.807, 2.05) is 30.1 Å². The van der Waals surface area contributed by atoms with E-state index in [4.69, 9.17) is 11.6 Å². The summed E-state index contributed by atoms with van der Waals surface area (Å²) in [4.78, 5) is 13.1. The van der Waals surface area contributed by atoms with Gasteiger partial charge in [0, 0.05) is 33.2 Å². The van der Waals surface area contributed by atoms with Crippen molar-refractivity contribution < 1.29 is 5.11 Å². The summed E-state index contributed by atoms with van der Waals surface area (Å²) in [5, 5.41) is 9.74. The molecule has 0 saturated carbocycles. The molecule has 1 N–H and O–H groups in total. The van der Waals surface area contributed by atoms with E-state index in [9.17, 15) is 5.11 Å². The molecule has 0 spiro atoms. The van der Waals surface area contributed by atoms with Gasteiger partial charge in [-0.2, -0.15) is 0 Å². The lowest BCUT2D eigenvalue weighted by atomic mass is 10.2. The van der Waals surface area contributed by atoms with Crippen LogP contribution in [-0.4, -0.2) is 46.7 Å². The van der Waals surface area contributed by atoms with Crippen LogP contribution in [0.5, 0.6) is 0 Å².